The van der Waals surface area contributed by atoms with Crippen LogP contribution in [0.2, 0.25) is 0 Å². The first kappa shape index (κ1) is 19.6. The Kier molecular flexibility index (Phi) is 8.06. The Morgan fingerprint density at radius 2 is 2.08 bits per heavy atom. The molecule has 2 rings (SSSR count). The van der Waals surface area contributed by atoms with Crippen molar-refractivity contribution >= 4 is 5.96 Å². The summed E-state index contributed by atoms with van der Waals surface area (Å²) < 4.78 is 11.6. The molecule has 0 unspecified atom stereocenters. The van der Waals surface area contributed by atoms with Crippen LogP contribution in [0.1, 0.15) is 44.2 Å². The number of hydrogen-bond donors (Lipinski definition) is 2. The smallest absolute Gasteiger partial charge is 0.191 e. The molecule has 5 heteroatoms. The Morgan fingerprint density at radius 1 is 1.28 bits per heavy atom. The van der Waals surface area contributed by atoms with E-state index in [4.69, 9.17) is 9.47 Å². The third-order valence-electron chi connectivity index (χ3n) is 4.13. The summed E-state index contributed by atoms with van der Waals surface area (Å²) in [5, 5.41) is 6.69. The molecule has 0 saturated heterocycles. The van der Waals surface area contributed by atoms with Gasteiger partial charge < -0.3 is 20.1 Å². The van der Waals surface area contributed by atoms with Gasteiger partial charge in [-0.05, 0) is 57.6 Å². The standard InChI is InChI=1S/C20H33N3O2/c1-15(2)24-11-5-10-22-20(21-4)23-13-18-9-6-16(3)12-19(18)25-14-17-7-8-17/h6,9,12,15,17H,5,7-8,10-11,13-14H2,1-4H3,(H2,21,22,23). The molecule has 0 atom stereocenters. The Morgan fingerprint density at radius 3 is 2.76 bits per heavy atom. The number of benzene rings is 1. The van der Waals surface area contributed by atoms with Crippen LogP contribution in [-0.4, -0.2) is 38.9 Å². The summed E-state index contributed by atoms with van der Waals surface area (Å²) in [5.74, 6) is 2.54. The Hall–Kier alpha value is -1.75. The van der Waals surface area contributed by atoms with Gasteiger partial charge in [0.2, 0.25) is 0 Å². The monoisotopic (exact) mass is 347 g/mol. The maximum absolute atomic E-state index is 6.03. The first-order chi connectivity index (χ1) is 12.1. The highest BCUT2D eigenvalue weighted by Crippen LogP contribution is 2.30. The minimum absolute atomic E-state index is 0.285. The quantitative estimate of drug-likeness (QED) is 0.387. The van der Waals surface area contributed by atoms with Crippen molar-refractivity contribution in [3.63, 3.8) is 0 Å². The van der Waals surface area contributed by atoms with Gasteiger partial charge in [-0.15, -0.1) is 0 Å². The van der Waals surface area contributed by atoms with Crippen LogP contribution in [0.25, 0.3) is 0 Å². The van der Waals surface area contributed by atoms with Crippen LogP contribution in [0.5, 0.6) is 5.75 Å². The molecule has 2 N–H and O–H groups in total. The van der Waals surface area contributed by atoms with Crippen molar-refractivity contribution in [3.05, 3.63) is 29.3 Å². The summed E-state index contributed by atoms with van der Waals surface area (Å²) in [7, 11) is 1.79. The van der Waals surface area contributed by atoms with Crippen LogP contribution >= 0.6 is 0 Å². The molecule has 0 aliphatic heterocycles. The van der Waals surface area contributed by atoms with Gasteiger partial charge in [0.15, 0.2) is 5.96 Å². The lowest BCUT2D eigenvalue weighted by molar-refractivity contribution is 0.0776. The molecule has 0 amide bonds. The van der Waals surface area contributed by atoms with E-state index in [1.54, 1.807) is 7.05 Å². The highest BCUT2D eigenvalue weighted by Gasteiger charge is 2.22. The fourth-order valence-electron chi connectivity index (χ4n) is 2.43. The predicted octanol–water partition coefficient (Wildman–Crippen LogP) is 3.26. The highest BCUT2D eigenvalue weighted by atomic mass is 16.5. The molecule has 140 valence electrons. The van der Waals surface area contributed by atoms with Crippen molar-refractivity contribution in [3.8, 4) is 5.75 Å². The average molecular weight is 348 g/mol. The molecule has 0 heterocycles. The lowest BCUT2D eigenvalue weighted by Gasteiger charge is -2.15. The maximum atomic E-state index is 6.03. The SMILES string of the molecule is CN=C(NCCCOC(C)C)NCc1ccc(C)cc1OCC1CC1. The van der Waals surface area contributed by atoms with Gasteiger partial charge >= 0.3 is 0 Å². The molecule has 0 bridgehead atoms. The van der Waals surface area contributed by atoms with Gasteiger partial charge in [0, 0.05) is 32.3 Å². The van der Waals surface area contributed by atoms with Crippen molar-refractivity contribution in [2.75, 3.05) is 26.8 Å². The Labute approximate surface area is 152 Å². The summed E-state index contributed by atoms with van der Waals surface area (Å²) >= 11 is 0. The summed E-state index contributed by atoms with van der Waals surface area (Å²) in [5.41, 5.74) is 2.39. The van der Waals surface area contributed by atoms with Gasteiger partial charge in [-0.3, -0.25) is 4.99 Å². The molecule has 1 aliphatic rings. The summed E-state index contributed by atoms with van der Waals surface area (Å²) in [4.78, 5) is 4.28. The zero-order valence-electron chi connectivity index (χ0n) is 16.1. The summed E-state index contributed by atoms with van der Waals surface area (Å²) in [6.07, 6.45) is 3.85. The average Bonchev–Trinajstić information content (AvgIpc) is 3.40. The molecular weight excluding hydrogens is 314 g/mol. The number of rotatable bonds is 10. The summed E-state index contributed by atoms with van der Waals surface area (Å²) in [6.45, 7) is 9.34. The van der Waals surface area contributed by atoms with Crippen molar-refractivity contribution in [1.82, 2.24) is 10.6 Å². The largest absolute Gasteiger partial charge is 0.493 e. The minimum atomic E-state index is 0.285. The minimum Gasteiger partial charge on any atom is -0.493 e. The molecular formula is C20H33N3O2. The number of nitrogens with one attached hydrogen (secondary N) is 2. The second kappa shape index (κ2) is 10.3. The van der Waals surface area contributed by atoms with E-state index < -0.39 is 0 Å². The number of aryl methyl sites for hydroxylation is 1. The van der Waals surface area contributed by atoms with Crippen LogP contribution in [-0.2, 0) is 11.3 Å². The highest BCUT2D eigenvalue weighted by molar-refractivity contribution is 5.79. The second-order valence-corrected chi connectivity index (χ2v) is 6.99. The van der Waals surface area contributed by atoms with Crippen LogP contribution in [0.4, 0.5) is 0 Å². The van der Waals surface area contributed by atoms with Crippen molar-refractivity contribution in [1.29, 1.82) is 0 Å². The van der Waals surface area contributed by atoms with E-state index in [1.807, 2.05) is 0 Å². The molecule has 1 aliphatic carbocycles. The van der Waals surface area contributed by atoms with Gasteiger partial charge in [0.05, 0.1) is 12.7 Å². The maximum Gasteiger partial charge on any atom is 0.191 e. The first-order valence-corrected chi connectivity index (χ1v) is 9.37. The topological polar surface area (TPSA) is 54.9 Å². The van der Waals surface area contributed by atoms with E-state index in [2.05, 4.69) is 54.6 Å². The molecule has 1 aromatic rings. The van der Waals surface area contributed by atoms with Crippen LogP contribution in [0, 0.1) is 12.8 Å². The number of ether oxygens (including phenoxy) is 2. The number of aliphatic imine (C=N–C) groups is 1. The van der Waals surface area contributed by atoms with Crippen molar-refractivity contribution in [2.24, 2.45) is 10.9 Å². The van der Waals surface area contributed by atoms with Gasteiger partial charge in [-0.1, -0.05) is 12.1 Å². The lowest BCUT2D eigenvalue weighted by Crippen LogP contribution is -2.37. The molecule has 0 spiro atoms. The van der Waals surface area contributed by atoms with Crippen molar-refractivity contribution < 1.29 is 9.47 Å². The van der Waals surface area contributed by atoms with Crippen LogP contribution in [0.15, 0.2) is 23.2 Å². The number of nitrogens with zero attached hydrogens (tertiary/aromatic N) is 1. The van der Waals surface area contributed by atoms with Crippen LogP contribution in [0.3, 0.4) is 0 Å². The first-order valence-electron chi connectivity index (χ1n) is 9.37. The molecule has 1 fully saturated rings. The zero-order valence-corrected chi connectivity index (χ0v) is 16.1. The second-order valence-electron chi connectivity index (χ2n) is 6.99. The molecule has 1 saturated carbocycles. The fraction of sp³-hybridized carbons (Fsp3) is 0.650. The van der Waals surface area contributed by atoms with E-state index in [9.17, 15) is 0 Å². The van der Waals surface area contributed by atoms with E-state index >= 15 is 0 Å². The molecule has 1 aromatic carbocycles. The van der Waals surface area contributed by atoms with Gasteiger partial charge in [0.1, 0.15) is 5.75 Å². The molecule has 0 radical (unpaired) electrons. The molecule has 5 nitrogen and oxygen atoms in total. The van der Waals surface area contributed by atoms with Gasteiger partial charge in [-0.25, -0.2) is 0 Å². The third kappa shape index (κ3) is 7.78. The lowest BCUT2D eigenvalue weighted by atomic mass is 10.1. The fourth-order valence-corrected chi connectivity index (χ4v) is 2.43. The molecule has 25 heavy (non-hydrogen) atoms. The van der Waals surface area contributed by atoms with E-state index in [-0.39, 0.29) is 6.10 Å². The number of guanidine groups is 1. The van der Waals surface area contributed by atoms with Gasteiger partial charge in [0.25, 0.3) is 0 Å². The van der Waals surface area contributed by atoms with Crippen LogP contribution < -0.4 is 15.4 Å². The Bertz CT molecular complexity index is 554. The van der Waals surface area contributed by atoms with E-state index in [0.29, 0.717) is 6.54 Å². The van der Waals surface area contributed by atoms with E-state index in [0.717, 1.165) is 49.4 Å². The van der Waals surface area contributed by atoms with Gasteiger partial charge in [-0.2, -0.15) is 0 Å². The number of hydrogen-bond acceptors (Lipinski definition) is 3. The Balaban J connectivity index is 1.77. The molecule has 0 aromatic heterocycles. The van der Waals surface area contributed by atoms with Crippen molar-refractivity contribution in [2.45, 2.75) is 52.7 Å². The normalized spacial score (nSPS) is 14.7. The summed E-state index contributed by atoms with van der Waals surface area (Å²) in [6, 6.07) is 6.38. The predicted molar refractivity (Wildman–Crippen MR) is 103 cm³/mol. The van der Waals surface area contributed by atoms with E-state index in [1.165, 1.54) is 18.4 Å². The third-order valence-corrected chi connectivity index (χ3v) is 4.13. The zero-order chi connectivity index (χ0) is 18.1.